The SMILES string of the molecule is CC(Nc1nc(N)nc2[nH]ncc12)c1ccccc1Cl. The van der Waals surface area contributed by atoms with Crippen molar-refractivity contribution in [3.05, 3.63) is 41.0 Å². The lowest BCUT2D eigenvalue weighted by Gasteiger charge is -2.16. The van der Waals surface area contributed by atoms with Crippen LogP contribution in [0.5, 0.6) is 0 Å². The third kappa shape index (κ3) is 2.25. The lowest BCUT2D eigenvalue weighted by atomic mass is 10.1. The number of fused-ring (bicyclic) bond motifs is 1. The minimum absolute atomic E-state index is 0.0175. The summed E-state index contributed by atoms with van der Waals surface area (Å²) in [7, 11) is 0. The molecular formula is C13H13ClN6. The first-order valence-electron chi connectivity index (χ1n) is 6.12. The Morgan fingerprint density at radius 3 is 2.90 bits per heavy atom. The van der Waals surface area contributed by atoms with Crippen LogP contribution < -0.4 is 11.1 Å². The Morgan fingerprint density at radius 1 is 1.30 bits per heavy atom. The number of aromatic nitrogens is 4. The van der Waals surface area contributed by atoms with Crippen molar-refractivity contribution in [1.29, 1.82) is 0 Å². The number of H-pyrrole nitrogens is 1. The minimum atomic E-state index is -0.0175. The predicted octanol–water partition coefficient (Wildman–Crippen LogP) is 2.76. The minimum Gasteiger partial charge on any atom is -0.368 e. The Morgan fingerprint density at radius 2 is 2.10 bits per heavy atom. The molecule has 2 aromatic heterocycles. The van der Waals surface area contributed by atoms with Crippen LogP contribution in [0, 0.1) is 0 Å². The zero-order valence-electron chi connectivity index (χ0n) is 10.8. The van der Waals surface area contributed by atoms with Gasteiger partial charge >= 0.3 is 0 Å². The van der Waals surface area contributed by atoms with Crippen LogP contribution in [0.25, 0.3) is 11.0 Å². The van der Waals surface area contributed by atoms with Crippen molar-refractivity contribution >= 4 is 34.4 Å². The molecule has 102 valence electrons. The molecule has 0 amide bonds. The molecule has 0 radical (unpaired) electrons. The molecule has 1 atom stereocenters. The van der Waals surface area contributed by atoms with Gasteiger partial charge in [-0.25, -0.2) is 0 Å². The lowest BCUT2D eigenvalue weighted by molar-refractivity contribution is 0.877. The number of halogens is 1. The number of nitrogens with two attached hydrogens (primary N) is 1. The average molecular weight is 289 g/mol. The Kier molecular flexibility index (Phi) is 3.15. The fourth-order valence-corrected chi connectivity index (χ4v) is 2.37. The molecule has 0 saturated heterocycles. The first-order chi connectivity index (χ1) is 9.65. The van der Waals surface area contributed by atoms with Crippen molar-refractivity contribution in [2.45, 2.75) is 13.0 Å². The van der Waals surface area contributed by atoms with Crippen LogP contribution in [-0.2, 0) is 0 Å². The van der Waals surface area contributed by atoms with E-state index < -0.39 is 0 Å². The van der Waals surface area contributed by atoms with Crippen molar-refractivity contribution in [2.75, 3.05) is 11.1 Å². The number of rotatable bonds is 3. The summed E-state index contributed by atoms with van der Waals surface area (Å²) in [4.78, 5) is 8.30. The predicted molar refractivity (Wildman–Crippen MR) is 79.6 cm³/mol. The zero-order chi connectivity index (χ0) is 14.1. The van der Waals surface area contributed by atoms with E-state index in [1.165, 1.54) is 0 Å². The average Bonchev–Trinajstić information content (AvgIpc) is 2.87. The maximum Gasteiger partial charge on any atom is 0.224 e. The van der Waals surface area contributed by atoms with Gasteiger partial charge in [-0.15, -0.1) is 0 Å². The van der Waals surface area contributed by atoms with Crippen LogP contribution in [0.2, 0.25) is 5.02 Å². The van der Waals surface area contributed by atoms with Crippen molar-refractivity contribution in [1.82, 2.24) is 20.2 Å². The standard InChI is InChI=1S/C13H13ClN6/c1-7(8-4-2-3-5-10(8)14)17-11-9-6-16-20-12(9)19-13(15)18-11/h2-7H,1H3,(H4,15,16,17,18,19,20). The van der Waals surface area contributed by atoms with E-state index in [0.717, 1.165) is 10.9 Å². The first-order valence-corrected chi connectivity index (χ1v) is 6.50. The smallest absolute Gasteiger partial charge is 0.224 e. The lowest BCUT2D eigenvalue weighted by Crippen LogP contribution is -2.10. The second-order valence-corrected chi connectivity index (χ2v) is 4.86. The van der Waals surface area contributed by atoms with Gasteiger partial charge in [0.05, 0.1) is 17.6 Å². The third-order valence-electron chi connectivity index (χ3n) is 3.05. The number of nitrogen functional groups attached to an aromatic ring is 1. The molecule has 20 heavy (non-hydrogen) atoms. The van der Waals surface area contributed by atoms with Gasteiger partial charge < -0.3 is 11.1 Å². The molecule has 0 bridgehead atoms. The third-order valence-corrected chi connectivity index (χ3v) is 3.40. The largest absolute Gasteiger partial charge is 0.368 e. The van der Waals surface area contributed by atoms with E-state index in [0.29, 0.717) is 16.5 Å². The fraction of sp³-hybridized carbons (Fsp3) is 0.154. The second kappa shape index (κ2) is 4.97. The van der Waals surface area contributed by atoms with Gasteiger partial charge in [0.2, 0.25) is 5.95 Å². The fourth-order valence-electron chi connectivity index (χ4n) is 2.07. The van der Waals surface area contributed by atoms with Gasteiger partial charge in [0, 0.05) is 5.02 Å². The summed E-state index contributed by atoms with van der Waals surface area (Å²) in [5, 5.41) is 11.5. The normalized spacial score (nSPS) is 12.5. The highest BCUT2D eigenvalue weighted by atomic mass is 35.5. The Hall–Kier alpha value is -2.34. The number of anilines is 2. The van der Waals surface area contributed by atoms with E-state index in [1.807, 2.05) is 31.2 Å². The van der Waals surface area contributed by atoms with E-state index in [4.69, 9.17) is 17.3 Å². The van der Waals surface area contributed by atoms with Crippen LogP contribution in [0.3, 0.4) is 0 Å². The van der Waals surface area contributed by atoms with E-state index >= 15 is 0 Å². The van der Waals surface area contributed by atoms with Gasteiger partial charge in [-0.3, -0.25) is 5.10 Å². The number of aromatic amines is 1. The molecule has 0 fully saturated rings. The Bertz CT molecular complexity index is 753. The maximum atomic E-state index is 6.20. The summed E-state index contributed by atoms with van der Waals surface area (Å²) >= 11 is 6.20. The van der Waals surface area contributed by atoms with Crippen LogP contribution in [0.1, 0.15) is 18.5 Å². The number of hydrogen-bond acceptors (Lipinski definition) is 5. The van der Waals surface area contributed by atoms with Gasteiger partial charge in [0.1, 0.15) is 5.82 Å². The molecule has 7 heteroatoms. The molecule has 1 aromatic carbocycles. The Balaban J connectivity index is 1.97. The summed E-state index contributed by atoms with van der Waals surface area (Å²) in [6.45, 7) is 2.01. The van der Waals surface area contributed by atoms with Crippen LogP contribution in [-0.4, -0.2) is 20.2 Å². The molecule has 6 nitrogen and oxygen atoms in total. The maximum absolute atomic E-state index is 6.20. The van der Waals surface area contributed by atoms with Crippen molar-refractivity contribution in [2.24, 2.45) is 0 Å². The number of nitrogens with zero attached hydrogens (tertiary/aromatic N) is 3. The van der Waals surface area contributed by atoms with E-state index in [9.17, 15) is 0 Å². The second-order valence-electron chi connectivity index (χ2n) is 4.45. The van der Waals surface area contributed by atoms with Gasteiger partial charge in [0.25, 0.3) is 0 Å². The molecular weight excluding hydrogens is 276 g/mol. The van der Waals surface area contributed by atoms with Gasteiger partial charge in [-0.2, -0.15) is 15.1 Å². The molecule has 0 spiro atoms. The highest BCUT2D eigenvalue weighted by Gasteiger charge is 2.13. The number of hydrogen-bond donors (Lipinski definition) is 3. The quantitative estimate of drug-likeness (QED) is 0.689. The first kappa shape index (κ1) is 12.7. The summed E-state index contributed by atoms with van der Waals surface area (Å²) in [5.74, 6) is 0.823. The summed E-state index contributed by atoms with van der Waals surface area (Å²) < 4.78 is 0. The van der Waals surface area contributed by atoms with Gasteiger partial charge in [0.15, 0.2) is 5.65 Å². The topological polar surface area (TPSA) is 92.5 Å². The van der Waals surface area contributed by atoms with Crippen molar-refractivity contribution in [3.8, 4) is 0 Å². The highest BCUT2D eigenvalue weighted by Crippen LogP contribution is 2.27. The summed E-state index contributed by atoms with van der Waals surface area (Å²) in [6, 6.07) is 7.65. The number of benzene rings is 1. The Labute approximate surface area is 120 Å². The van der Waals surface area contributed by atoms with Gasteiger partial charge in [-0.05, 0) is 18.6 Å². The van der Waals surface area contributed by atoms with E-state index in [1.54, 1.807) is 6.20 Å². The molecule has 3 aromatic rings. The molecule has 4 N–H and O–H groups in total. The molecule has 0 saturated carbocycles. The van der Waals surface area contributed by atoms with Gasteiger partial charge in [-0.1, -0.05) is 29.8 Å². The van der Waals surface area contributed by atoms with Crippen LogP contribution in [0.15, 0.2) is 30.5 Å². The van der Waals surface area contributed by atoms with Crippen LogP contribution >= 0.6 is 11.6 Å². The van der Waals surface area contributed by atoms with E-state index in [-0.39, 0.29) is 12.0 Å². The molecule has 1 unspecified atom stereocenters. The summed E-state index contributed by atoms with van der Waals surface area (Å²) in [5.41, 5.74) is 7.28. The van der Waals surface area contributed by atoms with Crippen molar-refractivity contribution in [3.63, 3.8) is 0 Å². The zero-order valence-corrected chi connectivity index (χ0v) is 11.5. The molecule has 2 heterocycles. The molecule has 0 aliphatic carbocycles. The highest BCUT2D eigenvalue weighted by molar-refractivity contribution is 6.31. The number of nitrogens with one attached hydrogen (secondary N) is 2. The molecule has 0 aliphatic rings. The van der Waals surface area contributed by atoms with Crippen LogP contribution in [0.4, 0.5) is 11.8 Å². The summed E-state index contributed by atoms with van der Waals surface area (Å²) in [6.07, 6.45) is 1.66. The molecule has 3 rings (SSSR count). The molecule has 0 aliphatic heterocycles. The van der Waals surface area contributed by atoms with E-state index in [2.05, 4.69) is 25.5 Å². The monoisotopic (exact) mass is 288 g/mol. The van der Waals surface area contributed by atoms with Crippen molar-refractivity contribution < 1.29 is 0 Å².